The van der Waals surface area contributed by atoms with Crippen LogP contribution in [0.4, 0.5) is 0 Å². The van der Waals surface area contributed by atoms with E-state index in [1.807, 2.05) is 0 Å². The molecule has 1 unspecified atom stereocenters. The van der Waals surface area contributed by atoms with Crippen molar-refractivity contribution in [1.29, 1.82) is 0 Å². The highest BCUT2D eigenvalue weighted by molar-refractivity contribution is 4.83. The summed E-state index contributed by atoms with van der Waals surface area (Å²) in [4.78, 5) is 0. The third-order valence-corrected chi connectivity index (χ3v) is 15.4. The minimum Gasteiger partial charge on any atom is -0.326 e. The summed E-state index contributed by atoms with van der Waals surface area (Å²) in [7, 11) is 5.21. The highest BCUT2D eigenvalue weighted by atomic mass is 15.3. The molecule has 0 amide bonds. The van der Waals surface area contributed by atoms with Crippen LogP contribution in [0, 0.1) is 0 Å². The Labute approximate surface area is 396 Å². The smallest absolute Gasteiger partial charge is 0.0886 e. The Bertz CT molecular complexity index is 814. The zero-order valence-corrected chi connectivity index (χ0v) is 44.9. The first-order chi connectivity index (χ1) is 30.3. The van der Waals surface area contributed by atoms with Crippen LogP contribution in [-0.4, -0.2) is 36.7 Å². The van der Waals surface area contributed by atoms with Crippen LogP contribution in [0.1, 0.15) is 355 Å². The van der Waals surface area contributed by atoms with Gasteiger partial charge in [-0.25, -0.2) is 0 Å². The molecule has 0 fully saturated rings. The van der Waals surface area contributed by atoms with Gasteiger partial charge in [-0.15, -0.1) is 0 Å². The number of rotatable bonds is 54. The Hall–Kier alpha value is -0.0800. The SMILES string of the molecule is CCCCCCCCCCCCCCCCCCC(CCCCCCCCCCCCCCCCC(N)(CCC)CCC)[N+](C)(C)CCCCCCCCCCCCCCCC. The van der Waals surface area contributed by atoms with Crippen LogP contribution < -0.4 is 5.73 Å². The van der Waals surface area contributed by atoms with Crippen LogP contribution in [-0.2, 0) is 0 Å². The first-order valence-electron chi connectivity index (χ1n) is 30.0. The van der Waals surface area contributed by atoms with E-state index < -0.39 is 0 Å². The van der Waals surface area contributed by atoms with Gasteiger partial charge in [0, 0.05) is 5.54 Å². The van der Waals surface area contributed by atoms with Crippen molar-refractivity contribution < 1.29 is 4.48 Å². The fraction of sp³-hybridized carbons (Fsp3) is 1.00. The van der Waals surface area contributed by atoms with Crippen molar-refractivity contribution in [3.05, 3.63) is 0 Å². The van der Waals surface area contributed by atoms with Gasteiger partial charge in [0.15, 0.2) is 0 Å². The minimum atomic E-state index is 0.123. The lowest BCUT2D eigenvalue weighted by Crippen LogP contribution is -2.49. The van der Waals surface area contributed by atoms with Gasteiger partial charge in [-0.2, -0.15) is 0 Å². The summed E-state index contributed by atoms with van der Waals surface area (Å²) >= 11 is 0. The van der Waals surface area contributed by atoms with Crippen molar-refractivity contribution in [2.75, 3.05) is 20.6 Å². The zero-order chi connectivity index (χ0) is 45.3. The van der Waals surface area contributed by atoms with Gasteiger partial charge in [0.05, 0.1) is 26.7 Å². The number of nitrogens with zero attached hydrogens (tertiary/aromatic N) is 1. The molecule has 0 aliphatic heterocycles. The molecule has 1 atom stereocenters. The van der Waals surface area contributed by atoms with E-state index in [4.69, 9.17) is 5.73 Å². The molecular weight excluding hydrogens is 749 g/mol. The van der Waals surface area contributed by atoms with Crippen molar-refractivity contribution >= 4 is 0 Å². The Balaban J connectivity index is 4.24. The van der Waals surface area contributed by atoms with Crippen molar-refractivity contribution in [2.45, 2.75) is 367 Å². The zero-order valence-electron chi connectivity index (χ0n) is 44.9. The van der Waals surface area contributed by atoms with Crippen molar-refractivity contribution in [1.82, 2.24) is 0 Å². The second-order valence-corrected chi connectivity index (χ2v) is 22.2. The lowest BCUT2D eigenvalue weighted by molar-refractivity contribution is -0.916. The largest absolute Gasteiger partial charge is 0.326 e. The maximum absolute atomic E-state index is 6.70. The first-order valence-corrected chi connectivity index (χ1v) is 30.0. The molecule has 0 aromatic carbocycles. The average Bonchev–Trinajstić information content (AvgIpc) is 3.25. The molecule has 0 aromatic rings. The van der Waals surface area contributed by atoms with Crippen LogP contribution in [0.25, 0.3) is 0 Å². The Morgan fingerprint density at radius 3 is 0.758 bits per heavy atom. The lowest BCUT2D eigenvalue weighted by Gasteiger charge is -2.39. The van der Waals surface area contributed by atoms with Crippen LogP contribution in [0.5, 0.6) is 0 Å². The molecule has 2 heteroatoms. The minimum absolute atomic E-state index is 0.123. The van der Waals surface area contributed by atoms with E-state index >= 15 is 0 Å². The molecule has 0 aliphatic rings. The molecule has 0 aromatic heterocycles. The van der Waals surface area contributed by atoms with E-state index in [9.17, 15) is 0 Å². The molecule has 62 heavy (non-hydrogen) atoms. The topological polar surface area (TPSA) is 26.0 Å². The highest BCUT2D eigenvalue weighted by Crippen LogP contribution is 2.26. The number of hydrogen-bond acceptors (Lipinski definition) is 1. The number of nitrogens with two attached hydrogens (primary N) is 1. The van der Waals surface area contributed by atoms with Gasteiger partial charge >= 0.3 is 0 Å². The summed E-state index contributed by atoms with van der Waals surface area (Å²) in [5.41, 5.74) is 6.83. The molecule has 0 heterocycles. The average molecular weight is 875 g/mol. The fourth-order valence-electron chi connectivity index (χ4n) is 11.0. The van der Waals surface area contributed by atoms with Crippen LogP contribution in [0.15, 0.2) is 0 Å². The number of quaternary nitrogens is 1. The van der Waals surface area contributed by atoms with Crippen LogP contribution in [0.3, 0.4) is 0 Å². The molecule has 2 N–H and O–H groups in total. The summed E-state index contributed by atoms with van der Waals surface area (Å²) in [5.74, 6) is 0. The predicted molar refractivity (Wildman–Crippen MR) is 286 cm³/mol. The van der Waals surface area contributed by atoms with Gasteiger partial charge in [-0.05, 0) is 57.8 Å². The standard InChI is InChI=1S/C60H125N2/c1-7-11-13-15-17-19-21-23-25-26-29-33-37-41-45-49-53-59(62(5,6)58-52-48-44-40-36-32-24-22-20-18-16-14-12-8-2)54-50-46-42-38-34-30-27-28-31-35-39-43-47-51-57-60(61,55-9-3)56-10-4/h59H,7-58,61H2,1-6H3/q+1. The van der Waals surface area contributed by atoms with E-state index in [0.717, 1.165) is 6.04 Å². The molecule has 0 saturated carbocycles. The summed E-state index contributed by atoms with van der Waals surface area (Å²) in [6.07, 6.45) is 73.3. The van der Waals surface area contributed by atoms with Crippen molar-refractivity contribution in [3.8, 4) is 0 Å². The fourth-order valence-corrected chi connectivity index (χ4v) is 11.0. The number of unbranched alkanes of at least 4 members (excludes halogenated alkanes) is 41. The number of hydrogen-bond donors (Lipinski definition) is 1. The first kappa shape index (κ1) is 61.9. The molecule has 0 saturated heterocycles. The van der Waals surface area contributed by atoms with Gasteiger partial charge in [-0.1, -0.05) is 297 Å². The Morgan fingerprint density at radius 2 is 0.500 bits per heavy atom. The molecule has 0 radical (unpaired) electrons. The Morgan fingerprint density at radius 1 is 0.274 bits per heavy atom. The molecular formula is C60H125N2+. The van der Waals surface area contributed by atoms with E-state index in [0.29, 0.717) is 0 Å². The molecule has 0 bridgehead atoms. The van der Waals surface area contributed by atoms with Gasteiger partial charge in [-0.3, -0.25) is 0 Å². The van der Waals surface area contributed by atoms with Crippen molar-refractivity contribution in [2.24, 2.45) is 5.73 Å². The molecule has 374 valence electrons. The second-order valence-electron chi connectivity index (χ2n) is 22.2. The van der Waals surface area contributed by atoms with E-state index in [1.165, 1.54) is 338 Å². The molecule has 2 nitrogen and oxygen atoms in total. The van der Waals surface area contributed by atoms with Gasteiger partial charge in [0.2, 0.25) is 0 Å². The molecule has 0 spiro atoms. The quantitative estimate of drug-likeness (QED) is 0.0478. The lowest BCUT2D eigenvalue weighted by atomic mass is 9.84. The Kier molecular flexibility index (Phi) is 48.8. The molecule has 0 rings (SSSR count). The predicted octanol–water partition coefficient (Wildman–Crippen LogP) is 21.1. The van der Waals surface area contributed by atoms with Crippen molar-refractivity contribution in [3.63, 3.8) is 0 Å². The van der Waals surface area contributed by atoms with Crippen LogP contribution in [0.2, 0.25) is 0 Å². The summed E-state index contributed by atoms with van der Waals surface area (Å²) in [5, 5.41) is 0. The maximum atomic E-state index is 6.70. The maximum Gasteiger partial charge on any atom is 0.0886 e. The van der Waals surface area contributed by atoms with Crippen LogP contribution >= 0.6 is 0 Å². The van der Waals surface area contributed by atoms with E-state index in [1.54, 1.807) is 0 Å². The molecule has 0 aliphatic carbocycles. The third-order valence-electron chi connectivity index (χ3n) is 15.4. The summed E-state index contributed by atoms with van der Waals surface area (Å²) < 4.78 is 1.28. The third kappa shape index (κ3) is 43.8. The monoisotopic (exact) mass is 874 g/mol. The highest BCUT2D eigenvalue weighted by Gasteiger charge is 2.27. The second kappa shape index (κ2) is 48.8. The van der Waals surface area contributed by atoms with E-state index in [-0.39, 0.29) is 5.54 Å². The van der Waals surface area contributed by atoms with Gasteiger partial charge < -0.3 is 10.2 Å². The summed E-state index contributed by atoms with van der Waals surface area (Å²) in [6.45, 7) is 10.6. The van der Waals surface area contributed by atoms with Gasteiger partial charge in [0.1, 0.15) is 0 Å². The summed E-state index contributed by atoms with van der Waals surface area (Å²) in [6, 6.07) is 0.875. The van der Waals surface area contributed by atoms with Gasteiger partial charge in [0.25, 0.3) is 0 Å². The normalized spacial score (nSPS) is 12.8. The van der Waals surface area contributed by atoms with E-state index in [2.05, 4.69) is 41.8 Å².